The van der Waals surface area contributed by atoms with Crippen LogP contribution >= 0.6 is 0 Å². The fourth-order valence-electron chi connectivity index (χ4n) is 2.21. The quantitative estimate of drug-likeness (QED) is 0.487. The number of nitrogens with zero attached hydrogens (tertiary/aromatic N) is 2. The molecule has 0 bridgehead atoms. The van der Waals surface area contributed by atoms with Crippen LogP contribution in [0, 0.1) is 5.92 Å². The summed E-state index contributed by atoms with van der Waals surface area (Å²) in [5, 5.41) is 23.6. The monoisotopic (exact) mass is 338 g/mol. The van der Waals surface area contributed by atoms with Gasteiger partial charge in [0.25, 0.3) is 0 Å². The predicted octanol–water partition coefficient (Wildman–Crippen LogP) is 0.978. The summed E-state index contributed by atoms with van der Waals surface area (Å²) in [4.78, 5) is 20.9. The number of hydrogen-bond donors (Lipinski definition) is 2. The number of ketones is 1. The molecular weight excluding hydrogens is 312 g/mol. The van der Waals surface area contributed by atoms with Crippen LogP contribution < -0.4 is 0 Å². The zero-order valence-electron chi connectivity index (χ0n) is 14.5. The lowest BCUT2D eigenvalue weighted by Crippen LogP contribution is -2.42. The van der Waals surface area contributed by atoms with Crippen molar-refractivity contribution in [2.24, 2.45) is 11.1 Å². The smallest absolute Gasteiger partial charge is 0.177 e. The zero-order valence-corrected chi connectivity index (χ0v) is 14.5. The van der Waals surface area contributed by atoms with Crippen molar-refractivity contribution in [2.45, 2.75) is 45.5 Å². The fraction of sp³-hybridized carbons (Fsp3) is 0.588. The Morgan fingerprint density at radius 2 is 1.88 bits per heavy atom. The Morgan fingerprint density at radius 1 is 1.25 bits per heavy atom. The van der Waals surface area contributed by atoms with Gasteiger partial charge in [0, 0.05) is 25.9 Å². The van der Waals surface area contributed by atoms with E-state index in [-0.39, 0.29) is 30.4 Å². The van der Waals surface area contributed by atoms with Crippen molar-refractivity contribution in [1.29, 1.82) is 0 Å². The standard InChI is InChI=1S/C17H26N2O5/c1-11(2)17(23-4)15(16(22)12(3)20)19-24-10-14(21)9-13-5-7-18-8-6-13/h5-8,11-12,16-17,20,22H,9-10H2,1-4H3/b19-15+/t12-,16+,17+/m1/s1. The number of aliphatic hydroxyl groups excluding tert-OH is 2. The summed E-state index contributed by atoms with van der Waals surface area (Å²) in [5.74, 6) is -0.146. The van der Waals surface area contributed by atoms with Crippen LogP contribution in [-0.2, 0) is 20.8 Å². The average molecular weight is 338 g/mol. The van der Waals surface area contributed by atoms with E-state index in [1.54, 1.807) is 24.5 Å². The van der Waals surface area contributed by atoms with Gasteiger partial charge in [0.2, 0.25) is 0 Å². The van der Waals surface area contributed by atoms with E-state index in [1.165, 1.54) is 14.0 Å². The van der Waals surface area contributed by atoms with E-state index in [9.17, 15) is 15.0 Å². The zero-order chi connectivity index (χ0) is 18.1. The lowest BCUT2D eigenvalue weighted by atomic mass is 9.96. The number of ether oxygens (including phenoxy) is 1. The third kappa shape index (κ3) is 6.35. The molecule has 0 unspecified atom stereocenters. The van der Waals surface area contributed by atoms with Crippen LogP contribution in [0.5, 0.6) is 0 Å². The van der Waals surface area contributed by atoms with Crippen LogP contribution in [0.4, 0.5) is 0 Å². The van der Waals surface area contributed by atoms with E-state index >= 15 is 0 Å². The molecule has 3 atom stereocenters. The highest BCUT2D eigenvalue weighted by molar-refractivity contribution is 5.93. The molecule has 7 heteroatoms. The van der Waals surface area contributed by atoms with Crippen molar-refractivity contribution in [2.75, 3.05) is 13.7 Å². The van der Waals surface area contributed by atoms with Crippen LogP contribution in [0.25, 0.3) is 0 Å². The Labute approximate surface area is 142 Å². The topological polar surface area (TPSA) is 101 Å². The highest BCUT2D eigenvalue weighted by Crippen LogP contribution is 2.13. The van der Waals surface area contributed by atoms with Gasteiger partial charge >= 0.3 is 0 Å². The Hall–Kier alpha value is -1.83. The van der Waals surface area contributed by atoms with Crippen LogP contribution in [0.1, 0.15) is 26.3 Å². The third-order valence-corrected chi connectivity index (χ3v) is 3.46. The van der Waals surface area contributed by atoms with Crippen molar-refractivity contribution in [3.05, 3.63) is 30.1 Å². The van der Waals surface area contributed by atoms with Crippen molar-refractivity contribution in [1.82, 2.24) is 4.98 Å². The van der Waals surface area contributed by atoms with E-state index in [4.69, 9.17) is 9.57 Å². The lowest BCUT2D eigenvalue weighted by Gasteiger charge is -2.25. The van der Waals surface area contributed by atoms with Crippen molar-refractivity contribution in [3.63, 3.8) is 0 Å². The highest BCUT2D eigenvalue weighted by atomic mass is 16.6. The number of aromatic nitrogens is 1. The first-order valence-corrected chi connectivity index (χ1v) is 7.86. The summed E-state index contributed by atoms with van der Waals surface area (Å²) in [6.45, 7) is 5.01. The Balaban J connectivity index is 2.71. The summed E-state index contributed by atoms with van der Waals surface area (Å²) in [6.07, 6.45) is 0.660. The highest BCUT2D eigenvalue weighted by Gasteiger charge is 2.29. The van der Waals surface area contributed by atoms with Gasteiger partial charge in [-0.25, -0.2) is 0 Å². The number of aliphatic hydroxyl groups is 2. The molecule has 0 spiro atoms. The maximum atomic E-state index is 11.9. The second-order valence-corrected chi connectivity index (χ2v) is 5.95. The number of carbonyl (C=O) groups is 1. The molecule has 0 radical (unpaired) electrons. The van der Waals surface area contributed by atoms with E-state index in [0.717, 1.165) is 5.56 Å². The molecule has 1 rings (SSSR count). The Morgan fingerprint density at radius 3 is 2.38 bits per heavy atom. The van der Waals surface area contributed by atoms with Gasteiger partial charge in [0.1, 0.15) is 17.9 Å². The number of hydrogen-bond acceptors (Lipinski definition) is 7. The first-order chi connectivity index (χ1) is 11.4. The van der Waals surface area contributed by atoms with E-state index in [0.29, 0.717) is 0 Å². The van der Waals surface area contributed by atoms with Crippen molar-refractivity contribution >= 4 is 11.5 Å². The number of oxime groups is 1. The van der Waals surface area contributed by atoms with E-state index in [2.05, 4.69) is 10.1 Å². The minimum Gasteiger partial charge on any atom is -0.390 e. The average Bonchev–Trinajstić information content (AvgIpc) is 2.53. The molecule has 0 aromatic carbocycles. The van der Waals surface area contributed by atoms with Gasteiger partial charge in [-0.2, -0.15) is 0 Å². The SMILES string of the molecule is CO[C@H](/C(=N/OCC(=O)Cc1ccncc1)[C@@H](O)[C@@H](C)O)C(C)C. The number of methoxy groups -OCH3 is 1. The molecule has 134 valence electrons. The summed E-state index contributed by atoms with van der Waals surface area (Å²) in [7, 11) is 1.49. The summed E-state index contributed by atoms with van der Waals surface area (Å²) in [5.41, 5.74) is 1.00. The normalized spacial score (nSPS) is 15.9. The number of rotatable bonds is 10. The van der Waals surface area contributed by atoms with Gasteiger partial charge in [-0.1, -0.05) is 19.0 Å². The van der Waals surface area contributed by atoms with Gasteiger partial charge in [-0.3, -0.25) is 9.78 Å². The molecule has 0 saturated carbocycles. The second kappa shape index (κ2) is 10.1. The molecule has 0 amide bonds. The molecule has 1 aromatic heterocycles. The minimum absolute atomic E-state index is 0.0123. The van der Waals surface area contributed by atoms with Gasteiger partial charge in [-0.15, -0.1) is 0 Å². The molecule has 24 heavy (non-hydrogen) atoms. The van der Waals surface area contributed by atoms with E-state index in [1.807, 2.05) is 13.8 Å². The maximum absolute atomic E-state index is 11.9. The fourth-order valence-corrected chi connectivity index (χ4v) is 2.21. The van der Waals surface area contributed by atoms with Crippen LogP contribution in [0.2, 0.25) is 0 Å². The molecule has 1 aromatic rings. The Kier molecular flexibility index (Phi) is 8.53. The van der Waals surface area contributed by atoms with Gasteiger partial charge < -0.3 is 19.8 Å². The molecular formula is C17H26N2O5. The predicted molar refractivity (Wildman–Crippen MR) is 89.7 cm³/mol. The van der Waals surface area contributed by atoms with Gasteiger partial charge in [0.05, 0.1) is 6.10 Å². The first-order valence-electron chi connectivity index (χ1n) is 7.86. The van der Waals surface area contributed by atoms with Crippen LogP contribution in [0.3, 0.4) is 0 Å². The van der Waals surface area contributed by atoms with Crippen molar-refractivity contribution in [3.8, 4) is 0 Å². The van der Waals surface area contributed by atoms with Crippen LogP contribution in [-0.4, -0.2) is 58.7 Å². The first kappa shape index (κ1) is 20.2. The summed E-state index contributed by atoms with van der Waals surface area (Å²) >= 11 is 0. The van der Waals surface area contributed by atoms with Crippen molar-refractivity contribution < 1.29 is 24.6 Å². The van der Waals surface area contributed by atoms with Crippen LogP contribution in [0.15, 0.2) is 29.7 Å². The van der Waals surface area contributed by atoms with Gasteiger partial charge in [-0.05, 0) is 30.5 Å². The second-order valence-electron chi connectivity index (χ2n) is 5.95. The summed E-state index contributed by atoms with van der Waals surface area (Å²) < 4.78 is 5.32. The lowest BCUT2D eigenvalue weighted by molar-refractivity contribution is -0.123. The third-order valence-electron chi connectivity index (χ3n) is 3.46. The molecule has 2 N–H and O–H groups in total. The van der Waals surface area contributed by atoms with Gasteiger partial charge in [0.15, 0.2) is 12.4 Å². The molecule has 1 heterocycles. The molecule has 7 nitrogen and oxygen atoms in total. The molecule has 0 aliphatic heterocycles. The minimum atomic E-state index is -1.23. The number of pyridine rings is 1. The molecule has 0 aliphatic rings. The van der Waals surface area contributed by atoms with E-state index < -0.39 is 18.3 Å². The molecule has 0 fully saturated rings. The molecule has 0 saturated heterocycles. The molecule has 0 aliphatic carbocycles. The largest absolute Gasteiger partial charge is 0.390 e. The maximum Gasteiger partial charge on any atom is 0.177 e. The number of Topliss-reactive ketones (excluding diaryl/α,β-unsaturated/α-hetero) is 1. The Bertz CT molecular complexity index is 531. The summed E-state index contributed by atoms with van der Waals surface area (Å²) in [6, 6.07) is 3.51. The number of carbonyl (C=O) groups excluding carboxylic acids is 1.